The van der Waals surface area contributed by atoms with Crippen LogP contribution in [0.25, 0.3) is 0 Å². The molecule has 1 amide bonds. The van der Waals surface area contributed by atoms with Gasteiger partial charge in [0.05, 0.1) is 0 Å². The van der Waals surface area contributed by atoms with Crippen LogP contribution in [-0.4, -0.2) is 36.5 Å². The van der Waals surface area contributed by atoms with E-state index in [0.717, 1.165) is 29.8 Å². The Kier molecular flexibility index (Phi) is 4.65. The lowest BCUT2D eigenvalue weighted by Gasteiger charge is -2.22. The number of nitrogens with zero attached hydrogens (tertiary/aromatic N) is 1. The molecule has 20 heavy (non-hydrogen) atoms. The molecule has 1 heterocycles. The van der Waals surface area contributed by atoms with Crippen LogP contribution < -0.4 is 10.5 Å². The summed E-state index contributed by atoms with van der Waals surface area (Å²) in [7, 11) is 0. The van der Waals surface area contributed by atoms with Crippen molar-refractivity contribution in [2.24, 2.45) is 11.7 Å². The van der Waals surface area contributed by atoms with E-state index in [-0.39, 0.29) is 18.6 Å². The van der Waals surface area contributed by atoms with E-state index in [1.807, 2.05) is 36.9 Å². The van der Waals surface area contributed by atoms with E-state index in [1.165, 1.54) is 0 Å². The summed E-state index contributed by atoms with van der Waals surface area (Å²) in [5.74, 6) is 1.30. The normalized spacial score (nSPS) is 22.1. The molecule has 2 rings (SSSR count). The zero-order valence-electron chi connectivity index (χ0n) is 12.6. The summed E-state index contributed by atoms with van der Waals surface area (Å²) in [5, 5.41) is 0. The van der Waals surface area contributed by atoms with Crippen LogP contribution in [0.5, 0.6) is 5.75 Å². The molecule has 0 spiro atoms. The number of amides is 1. The van der Waals surface area contributed by atoms with E-state index in [9.17, 15) is 4.79 Å². The van der Waals surface area contributed by atoms with E-state index >= 15 is 0 Å². The predicted octanol–water partition coefficient (Wildman–Crippen LogP) is 1.88. The Balaban J connectivity index is 1.96. The van der Waals surface area contributed by atoms with E-state index in [2.05, 4.69) is 6.92 Å². The zero-order valence-corrected chi connectivity index (χ0v) is 12.6. The summed E-state index contributed by atoms with van der Waals surface area (Å²) >= 11 is 0. The van der Waals surface area contributed by atoms with Crippen LogP contribution in [0.1, 0.15) is 24.5 Å². The molecule has 1 saturated heterocycles. The van der Waals surface area contributed by atoms with Crippen LogP contribution in [0.4, 0.5) is 0 Å². The quantitative estimate of drug-likeness (QED) is 0.913. The van der Waals surface area contributed by atoms with E-state index in [4.69, 9.17) is 10.5 Å². The molecule has 1 aliphatic rings. The Morgan fingerprint density at radius 2 is 2.05 bits per heavy atom. The SMILES string of the molecule is Cc1cccc(C)c1OCC(=O)N1CC(CN)CC1C. The molecular weight excluding hydrogens is 252 g/mol. The highest BCUT2D eigenvalue weighted by atomic mass is 16.5. The molecule has 1 fully saturated rings. The van der Waals surface area contributed by atoms with Gasteiger partial charge < -0.3 is 15.4 Å². The Hall–Kier alpha value is -1.55. The molecule has 0 saturated carbocycles. The van der Waals surface area contributed by atoms with Crippen LogP contribution in [-0.2, 0) is 4.79 Å². The van der Waals surface area contributed by atoms with Crippen molar-refractivity contribution in [3.8, 4) is 5.75 Å². The van der Waals surface area contributed by atoms with Gasteiger partial charge in [-0.3, -0.25) is 4.79 Å². The number of ether oxygens (including phenoxy) is 1. The first-order valence-corrected chi connectivity index (χ1v) is 7.21. The summed E-state index contributed by atoms with van der Waals surface area (Å²) in [6, 6.07) is 6.25. The van der Waals surface area contributed by atoms with Gasteiger partial charge in [0.2, 0.25) is 0 Å². The van der Waals surface area contributed by atoms with Crippen molar-refractivity contribution in [3.05, 3.63) is 29.3 Å². The van der Waals surface area contributed by atoms with Gasteiger partial charge >= 0.3 is 0 Å². The van der Waals surface area contributed by atoms with Crippen molar-refractivity contribution in [2.45, 2.75) is 33.2 Å². The standard InChI is InChI=1S/C16H24N2O2/c1-11-5-4-6-12(2)16(11)20-10-15(19)18-9-14(8-17)7-13(18)3/h4-6,13-14H,7-10,17H2,1-3H3. The first-order valence-electron chi connectivity index (χ1n) is 7.21. The molecule has 2 atom stereocenters. The minimum absolute atomic E-state index is 0.0519. The van der Waals surface area contributed by atoms with E-state index < -0.39 is 0 Å². The van der Waals surface area contributed by atoms with Crippen LogP contribution in [0.3, 0.4) is 0 Å². The number of para-hydroxylation sites is 1. The second kappa shape index (κ2) is 6.27. The van der Waals surface area contributed by atoms with Gasteiger partial charge in [0.25, 0.3) is 5.91 Å². The van der Waals surface area contributed by atoms with Crippen molar-refractivity contribution >= 4 is 5.91 Å². The molecule has 1 aromatic carbocycles. The summed E-state index contributed by atoms with van der Waals surface area (Å²) < 4.78 is 5.74. The molecule has 0 radical (unpaired) electrons. The number of carbonyl (C=O) groups excluding carboxylic acids is 1. The minimum Gasteiger partial charge on any atom is -0.483 e. The largest absolute Gasteiger partial charge is 0.483 e. The van der Waals surface area contributed by atoms with Crippen molar-refractivity contribution in [1.82, 2.24) is 4.90 Å². The number of hydrogen-bond acceptors (Lipinski definition) is 3. The van der Waals surface area contributed by atoms with Gasteiger partial charge in [-0.15, -0.1) is 0 Å². The van der Waals surface area contributed by atoms with Crippen LogP contribution in [0.2, 0.25) is 0 Å². The monoisotopic (exact) mass is 276 g/mol. The Morgan fingerprint density at radius 3 is 2.60 bits per heavy atom. The van der Waals surface area contributed by atoms with Gasteiger partial charge in [0.15, 0.2) is 6.61 Å². The lowest BCUT2D eigenvalue weighted by atomic mass is 10.1. The lowest BCUT2D eigenvalue weighted by molar-refractivity contribution is -0.134. The molecule has 2 unspecified atom stereocenters. The van der Waals surface area contributed by atoms with Gasteiger partial charge in [0.1, 0.15) is 5.75 Å². The summed E-state index contributed by atoms with van der Waals surface area (Å²) in [6.45, 7) is 7.57. The van der Waals surface area contributed by atoms with Gasteiger partial charge in [-0.2, -0.15) is 0 Å². The average Bonchev–Trinajstić information content (AvgIpc) is 2.79. The molecule has 0 aliphatic carbocycles. The van der Waals surface area contributed by atoms with Crippen molar-refractivity contribution in [3.63, 3.8) is 0 Å². The Labute approximate surface area is 120 Å². The third-order valence-electron chi connectivity index (χ3n) is 4.06. The smallest absolute Gasteiger partial charge is 0.260 e. The van der Waals surface area contributed by atoms with Gasteiger partial charge in [0, 0.05) is 12.6 Å². The second-order valence-corrected chi connectivity index (χ2v) is 5.74. The number of likely N-dealkylation sites (tertiary alicyclic amines) is 1. The highest BCUT2D eigenvalue weighted by Gasteiger charge is 2.31. The molecule has 2 N–H and O–H groups in total. The lowest BCUT2D eigenvalue weighted by Crippen LogP contribution is -2.37. The molecule has 4 nitrogen and oxygen atoms in total. The number of rotatable bonds is 4. The fraction of sp³-hybridized carbons (Fsp3) is 0.562. The molecule has 1 aromatic rings. The predicted molar refractivity (Wildman–Crippen MR) is 79.7 cm³/mol. The number of benzene rings is 1. The summed E-state index contributed by atoms with van der Waals surface area (Å²) in [5.41, 5.74) is 7.82. The first kappa shape index (κ1) is 14.9. The van der Waals surface area contributed by atoms with E-state index in [1.54, 1.807) is 0 Å². The zero-order chi connectivity index (χ0) is 14.7. The van der Waals surface area contributed by atoms with Crippen LogP contribution >= 0.6 is 0 Å². The first-order chi connectivity index (χ1) is 9.52. The van der Waals surface area contributed by atoms with Crippen molar-refractivity contribution in [2.75, 3.05) is 19.7 Å². The van der Waals surface area contributed by atoms with Crippen LogP contribution in [0.15, 0.2) is 18.2 Å². The molecule has 110 valence electrons. The van der Waals surface area contributed by atoms with Gasteiger partial charge in [-0.25, -0.2) is 0 Å². The van der Waals surface area contributed by atoms with Crippen LogP contribution in [0, 0.1) is 19.8 Å². The number of nitrogens with two attached hydrogens (primary N) is 1. The van der Waals surface area contributed by atoms with Gasteiger partial charge in [-0.1, -0.05) is 18.2 Å². The molecule has 4 heteroatoms. The third kappa shape index (κ3) is 3.12. The maximum Gasteiger partial charge on any atom is 0.260 e. The maximum absolute atomic E-state index is 12.3. The molecule has 1 aliphatic heterocycles. The van der Waals surface area contributed by atoms with Crippen molar-refractivity contribution in [1.29, 1.82) is 0 Å². The summed E-state index contributed by atoms with van der Waals surface area (Å²) in [6.07, 6.45) is 0.992. The Bertz CT molecular complexity index is 467. The second-order valence-electron chi connectivity index (χ2n) is 5.74. The number of hydrogen-bond donors (Lipinski definition) is 1. The number of aryl methyl sites for hydroxylation is 2. The fourth-order valence-electron chi connectivity index (χ4n) is 2.90. The Morgan fingerprint density at radius 1 is 1.40 bits per heavy atom. The maximum atomic E-state index is 12.3. The molecule has 0 bridgehead atoms. The fourth-order valence-corrected chi connectivity index (χ4v) is 2.90. The summed E-state index contributed by atoms with van der Waals surface area (Å²) in [4.78, 5) is 14.2. The van der Waals surface area contributed by atoms with E-state index in [0.29, 0.717) is 12.5 Å². The number of carbonyl (C=O) groups is 1. The topological polar surface area (TPSA) is 55.6 Å². The van der Waals surface area contributed by atoms with Crippen molar-refractivity contribution < 1.29 is 9.53 Å². The van der Waals surface area contributed by atoms with Gasteiger partial charge in [-0.05, 0) is 50.8 Å². The average molecular weight is 276 g/mol. The molecular formula is C16H24N2O2. The molecule has 0 aromatic heterocycles. The minimum atomic E-state index is 0.0519. The highest BCUT2D eigenvalue weighted by Crippen LogP contribution is 2.24. The third-order valence-corrected chi connectivity index (χ3v) is 4.06. The highest BCUT2D eigenvalue weighted by molar-refractivity contribution is 5.78.